The van der Waals surface area contributed by atoms with Gasteiger partial charge in [0.1, 0.15) is 12.4 Å². The Morgan fingerprint density at radius 2 is 1.77 bits per heavy atom. The molecule has 0 saturated carbocycles. The highest BCUT2D eigenvalue weighted by atomic mass is 35.5. The van der Waals surface area contributed by atoms with Gasteiger partial charge in [0.15, 0.2) is 11.5 Å². The average molecular weight is 448 g/mol. The van der Waals surface area contributed by atoms with E-state index in [9.17, 15) is 9.59 Å². The summed E-state index contributed by atoms with van der Waals surface area (Å²) in [6, 6.07) is 12.7. The van der Waals surface area contributed by atoms with Gasteiger partial charge in [-0.2, -0.15) is 0 Å². The van der Waals surface area contributed by atoms with Crippen LogP contribution in [0.4, 0.5) is 4.79 Å². The number of thioether (sulfide) groups is 1. The van der Waals surface area contributed by atoms with Crippen molar-refractivity contribution in [2.24, 2.45) is 0 Å². The van der Waals surface area contributed by atoms with E-state index in [4.69, 9.17) is 25.8 Å². The van der Waals surface area contributed by atoms with Gasteiger partial charge in [-0.25, -0.2) is 0 Å². The summed E-state index contributed by atoms with van der Waals surface area (Å²) in [6.45, 7) is 5.00. The smallest absolute Gasteiger partial charge is 0.293 e. The fourth-order valence-electron chi connectivity index (χ4n) is 2.83. The molecule has 1 saturated heterocycles. The van der Waals surface area contributed by atoms with Crippen LogP contribution < -0.4 is 14.2 Å². The molecule has 0 radical (unpaired) electrons. The van der Waals surface area contributed by atoms with E-state index in [1.165, 1.54) is 4.90 Å². The third-order valence-electron chi connectivity index (χ3n) is 4.12. The van der Waals surface area contributed by atoms with Crippen molar-refractivity contribution in [3.05, 3.63) is 58.0 Å². The third kappa shape index (κ3) is 5.29. The highest BCUT2D eigenvalue weighted by Gasteiger charge is 2.34. The van der Waals surface area contributed by atoms with Crippen molar-refractivity contribution < 1.29 is 23.8 Å². The molecule has 3 rings (SSSR count). The van der Waals surface area contributed by atoms with Gasteiger partial charge in [0.25, 0.3) is 11.1 Å². The number of nitrogens with zero attached hydrogens (tertiary/aromatic N) is 1. The Morgan fingerprint density at radius 1 is 1.03 bits per heavy atom. The summed E-state index contributed by atoms with van der Waals surface area (Å²) in [4.78, 5) is 26.5. The molecule has 0 unspecified atom stereocenters. The van der Waals surface area contributed by atoms with Crippen LogP contribution in [0.15, 0.2) is 47.4 Å². The van der Waals surface area contributed by atoms with Gasteiger partial charge in [-0.05, 0) is 61.5 Å². The van der Waals surface area contributed by atoms with E-state index in [0.29, 0.717) is 46.0 Å². The standard InChI is InChI=1S/C22H22ClNO5S/c1-3-27-18-13-15(12-17(23)20(18)28-4-2)14-19-21(25)24(22(26)30-19)10-11-29-16-8-6-5-7-9-16/h5-9,12-14H,3-4,10-11H2,1-2H3/b19-14-. The topological polar surface area (TPSA) is 65.1 Å². The lowest BCUT2D eigenvalue weighted by Gasteiger charge is -2.14. The van der Waals surface area contributed by atoms with Crippen molar-refractivity contribution in [1.82, 2.24) is 4.90 Å². The largest absolute Gasteiger partial charge is 0.492 e. The minimum absolute atomic E-state index is 0.172. The van der Waals surface area contributed by atoms with E-state index in [-0.39, 0.29) is 24.3 Å². The molecule has 0 N–H and O–H groups in total. The van der Waals surface area contributed by atoms with E-state index < -0.39 is 0 Å². The summed E-state index contributed by atoms with van der Waals surface area (Å²) < 4.78 is 16.8. The van der Waals surface area contributed by atoms with Gasteiger partial charge in [0, 0.05) is 0 Å². The predicted octanol–water partition coefficient (Wildman–Crippen LogP) is 5.25. The molecular weight excluding hydrogens is 426 g/mol. The van der Waals surface area contributed by atoms with Crippen LogP contribution in [0.5, 0.6) is 17.2 Å². The molecule has 1 aliphatic heterocycles. The Bertz CT molecular complexity index is 948. The molecule has 1 aliphatic rings. The maximum absolute atomic E-state index is 12.7. The second-order valence-corrected chi connectivity index (χ2v) is 7.59. The number of imide groups is 1. The zero-order valence-corrected chi connectivity index (χ0v) is 18.3. The Kier molecular flexibility index (Phi) is 7.65. The van der Waals surface area contributed by atoms with Crippen molar-refractivity contribution in [2.45, 2.75) is 13.8 Å². The first-order valence-corrected chi connectivity index (χ1v) is 10.7. The molecule has 2 aromatic rings. The van der Waals surface area contributed by atoms with Crippen molar-refractivity contribution >= 4 is 40.6 Å². The van der Waals surface area contributed by atoms with Crippen LogP contribution in [-0.4, -0.2) is 42.4 Å². The van der Waals surface area contributed by atoms with Crippen LogP contribution in [0.2, 0.25) is 5.02 Å². The molecule has 158 valence electrons. The van der Waals surface area contributed by atoms with Crippen molar-refractivity contribution in [2.75, 3.05) is 26.4 Å². The molecule has 2 amide bonds. The van der Waals surface area contributed by atoms with E-state index in [1.54, 1.807) is 18.2 Å². The van der Waals surface area contributed by atoms with Crippen LogP contribution in [0.3, 0.4) is 0 Å². The van der Waals surface area contributed by atoms with Gasteiger partial charge in [-0.15, -0.1) is 0 Å². The number of hydrogen-bond acceptors (Lipinski definition) is 6. The molecule has 0 spiro atoms. The summed E-state index contributed by atoms with van der Waals surface area (Å²) in [5, 5.41) is 0.0505. The van der Waals surface area contributed by atoms with Crippen molar-refractivity contribution in [3.8, 4) is 17.2 Å². The average Bonchev–Trinajstić information content (AvgIpc) is 2.99. The summed E-state index contributed by atoms with van der Waals surface area (Å²) in [5.41, 5.74) is 0.651. The fraction of sp³-hybridized carbons (Fsp3) is 0.273. The Hall–Kier alpha value is -2.64. The predicted molar refractivity (Wildman–Crippen MR) is 118 cm³/mol. The molecule has 1 heterocycles. The molecule has 8 heteroatoms. The number of carbonyl (C=O) groups excluding carboxylic acids is 2. The number of amides is 2. The maximum atomic E-state index is 12.7. The number of hydrogen-bond donors (Lipinski definition) is 0. The molecule has 2 aromatic carbocycles. The minimum Gasteiger partial charge on any atom is -0.492 e. The van der Waals surface area contributed by atoms with Gasteiger partial charge in [-0.1, -0.05) is 29.8 Å². The van der Waals surface area contributed by atoms with E-state index in [0.717, 1.165) is 11.8 Å². The molecule has 30 heavy (non-hydrogen) atoms. The summed E-state index contributed by atoms with van der Waals surface area (Å²) >= 11 is 7.23. The lowest BCUT2D eigenvalue weighted by molar-refractivity contribution is -0.123. The van der Waals surface area contributed by atoms with Gasteiger partial charge in [0.05, 0.1) is 29.7 Å². The first-order chi connectivity index (χ1) is 14.5. The minimum atomic E-state index is -0.357. The SMILES string of the molecule is CCOc1cc(/C=C2\SC(=O)N(CCOc3ccccc3)C2=O)cc(Cl)c1OCC. The number of carbonyl (C=O) groups is 2. The Morgan fingerprint density at radius 3 is 2.47 bits per heavy atom. The van der Waals surface area contributed by atoms with Crippen LogP contribution in [0, 0.1) is 0 Å². The zero-order chi connectivity index (χ0) is 21.5. The number of ether oxygens (including phenoxy) is 3. The van der Waals surface area contributed by atoms with Gasteiger partial charge < -0.3 is 14.2 Å². The van der Waals surface area contributed by atoms with Crippen LogP contribution in [0.25, 0.3) is 6.08 Å². The summed E-state index contributed by atoms with van der Waals surface area (Å²) in [5.74, 6) is 1.29. The first-order valence-electron chi connectivity index (χ1n) is 9.55. The Balaban J connectivity index is 1.73. The number of para-hydroxylation sites is 1. The monoisotopic (exact) mass is 447 g/mol. The molecular formula is C22H22ClNO5S. The normalized spacial score (nSPS) is 15.0. The van der Waals surface area contributed by atoms with E-state index in [1.807, 2.05) is 44.2 Å². The summed E-state index contributed by atoms with van der Waals surface area (Å²) in [7, 11) is 0. The maximum Gasteiger partial charge on any atom is 0.293 e. The van der Waals surface area contributed by atoms with Crippen molar-refractivity contribution in [1.29, 1.82) is 0 Å². The fourth-order valence-corrected chi connectivity index (χ4v) is 3.97. The third-order valence-corrected chi connectivity index (χ3v) is 5.31. The number of halogens is 1. The van der Waals surface area contributed by atoms with Crippen molar-refractivity contribution in [3.63, 3.8) is 0 Å². The van der Waals surface area contributed by atoms with Gasteiger partial charge >= 0.3 is 0 Å². The van der Waals surface area contributed by atoms with Gasteiger partial charge in [-0.3, -0.25) is 14.5 Å². The molecule has 0 bridgehead atoms. The van der Waals surface area contributed by atoms with Crippen LogP contribution in [0.1, 0.15) is 19.4 Å². The van der Waals surface area contributed by atoms with Gasteiger partial charge in [0.2, 0.25) is 0 Å². The number of rotatable bonds is 9. The molecule has 1 fully saturated rings. The highest BCUT2D eigenvalue weighted by molar-refractivity contribution is 8.18. The quantitative estimate of drug-likeness (QED) is 0.489. The van der Waals surface area contributed by atoms with E-state index in [2.05, 4.69) is 0 Å². The summed E-state index contributed by atoms with van der Waals surface area (Å²) in [6.07, 6.45) is 1.63. The number of benzene rings is 2. The highest BCUT2D eigenvalue weighted by Crippen LogP contribution is 2.39. The second-order valence-electron chi connectivity index (χ2n) is 6.19. The lowest BCUT2D eigenvalue weighted by Crippen LogP contribution is -2.32. The van der Waals surface area contributed by atoms with Crippen LogP contribution in [-0.2, 0) is 4.79 Å². The molecule has 6 nitrogen and oxygen atoms in total. The molecule has 0 aliphatic carbocycles. The van der Waals surface area contributed by atoms with E-state index >= 15 is 0 Å². The van der Waals surface area contributed by atoms with Crippen LogP contribution >= 0.6 is 23.4 Å². The lowest BCUT2D eigenvalue weighted by atomic mass is 10.1. The Labute approximate surface area is 184 Å². The first kappa shape index (κ1) is 22.1. The molecule has 0 atom stereocenters. The molecule has 0 aromatic heterocycles. The second kappa shape index (κ2) is 10.4. The zero-order valence-electron chi connectivity index (χ0n) is 16.7.